The maximum absolute atomic E-state index is 6.24. The summed E-state index contributed by atoms with van der Waals surface area (Å²) in [6, 6.07) is 9.78. The van der Waals surface area contributed by atoms with Crippen molar-refractivity contribution in [1.29, 1.82) is 0 Å². The Balaban J connectivity index is 2.41. The second kappa shape index (κ2) is 5.40. The Labute approximate surface area is 125 Å². The van der Waals surface area contributed by atoms with Gasteiger partial charge >= 0.3 is 0 Å². The highest BCUT2D eigenvalue weighted by atomic mass is 79.9. The van der Waals surface area contributed by atoms with Crippen LogP contribution in [0.1, 0.15) is 15.3 Å². The maximum atomic E-state index is 6.24. The summed E-state index contributed by atoms with van der Waals surface area (Å²) in [5, 5.41) is 0.730. The SMILES string of the molecule is Clc1ccc(C(Br)c2cccc(Br)c2Cl)s1. The molecule has 1 atom stereocenters. The van der Waals surface area contributed by atoms with E-state index in [2.05, 4.69) is 31.9 Å². The second-order valence-electron chi connectivity index (χ2n) is 3.15. The average Bonchev–Trinajstić information content (AvgIpc) is 2.68. The van der Waals surface area contributed by atoms with Gasteiger partial charge in [-0.25, -0.2) is 0 Å². The lowest BCUT2D eigenvalue weighted by Crippen LogP contribution is -1.91. The van der Waals surface area contributed by atoms with Crippen molar-refractivity contribution in [2.24, 2.45) is 0 Å². The van der Waals surface area contributed by atoms with Gasteiger partial charge in [0.05, 0.1) is 14.2 Å². The summed E-state index contributed by atoms with van der Waals surface area (Å²) in [6.07, 6.45) is 0. The lowest BCUT2D eigenvalue weighted by Gasteiger charge is -2.11. The van der Waals surface area contributed by atoms with Crippen LogP contribution < -0.4 is 0 Å². The van der Waals surface area contributed by atoms with Crippen LogP contribution in [0.25, 0.3) is 0 Å². The van der Waals surface area contributed by atoms with Crippen LogP contribution in [0.2, 0.25) is 9.36 Å². The fourth-order valence-electron chi connectivity index (χ4n) is 1.33. The number of alkyl halides is 1. The molecule has 0 spiro atoms. The Morgan fingerprint density at radius 1 is 1.12 bits per heavy atom. The molecule has 1 heterocycles. The summed E-state index contributed by atoms with van der Waals surface area (Å²) in [4.78, 5) is 1.22. The van der Waals surface area contributed by atoms with Gasteiger partial charge in [0.25, 0.3) is 0 Å². The van der Waals surface area contributed by atoms with Gasteiger partial charge in [-0.2, -0.15) is 0 Å². The van der Waals surface area contributed by atoms with E-state index in [0.29, 0.717) is 0 Å². The molecule has 0 aliphatic carbocycles. The molecule has 0 amide bonds. The number of rotatable bonds is 2. The molecule has 0 aliphatic heterocycles. The van der Waals surface area contributed by atoms with Crippen molar-refractivity contribution < 1.29 is 0 Å². The largest absolute Gasteiger partial charge is 0.127 e. The molecule has 1 aromatic carbocycles. The molecule has 0 saturated heterocycles. The van der Waals surface area contributed by atoms with E-state index < -0.39 is 0 Å². The monoisotopic (exact) mass is 398 g/mol. The first kappa shape index (κ1) is 12.9. The molecular formula is C11H6Br2Cl2S. The van der Waals surface area contributed by atoms with E-state index in [4.69, 9.17) is 23.2 Å². The van der Waals surface area contributed by atoms with Gasteiger partial charge in [0.1, 0.15) is 0 Å². The lowest BCUT2D eigenvalue weighted by molar-refractivity contribution is 1.22. The third-order valence-corrected chi connectivity index (χ3v) is 5.99. The van der Waals surface area contributed by atoms with Crippen LogP contribution in [-0.2, 0) is 0 Å². The van der Waals surface area contributed by atoms with Gasteiger partial charge in [-0.15, -0.1) is 11.3 Å². The molecular weight excluding hydrogens is 395 g/mol. The molecule has 1 unspecified atom stereocenters. The standard InChI is InChI=1S/C11H6Br2Cl2S/c12-7-3-1-2-6(11(7)15)10(13)8-4-5-9(14)16-8/h1-5,10H. The van der Waals surface area contributed by atoms with Crippen molar-refractivity contribution in [1.82, 2.24) is 0 Å². The number of hydrogen-bond donors (Lipinski definition) is 0. The minimum atomic E-state index is 0.0787. The third kappa shape index (κ3) is 2.65. The highest BCUT2D eigenvalue weighted by Gasteiger charge is 2.16. The summed E-state index contributed by atoms with van der Waals surface area (Å²) in [5.41, 5.74) is 1.04. The fraction of sp³-hybridized carbons (Fsp3) is 0.0909. The van der Waals surface area contributed by atoms with Gasteiger partial charge in [0, 0.05) is 9.35 Å². The van der Waals surface area contributed by atoms with Crippen molar-refractivity contribution >= 4 is 66.4 Å². The number of thiophene rings is 1. The minimum absolute atomic E-state index is 0.0787. The topological polar surface area (TPSA) is 0 Å². The van der Waals surface area contributed by atoms with Gasteiger partial charge in [-0.1, -0.05) is 51.3 Å². The number of hydrogen-bond acceptors (Lipinski definition) is 1. The molecule has 0 N–H and O–H groups in total. The quantitative estimate of drug-likeness (QED) is 0.519. The lowest BCUT2D eigenvalue weighted by atomic mass is 10.1. The highest BCUT2D eigenvalue weighted by Crippen LogP contribution is 2.41. The molecule has 0 fully saturated rings. The first-order valence-electron chi connectivity index (χ1n) is 4.43. The molecule has 0 nitrogen and oxygen atoms in total. The molecule has 0 bridgehead atoms. The molecule has 0 aliphatic rings. The first-order valence-corrected chi connectivity index (χ1v) is 7.71. The Bertz CT molecular complexity index is 510. The van der Waals surface area contributed by atoms with Gasteiger partial charge in [-0.05, 0) is 39.7 Å². The molecule has 2 rings (SSSR count). The van der Waals surface area contributed by atoms with Crippen molar-refractivity contribution in [2.45, 2.75) is 4.83 Å². The molecule has 5 heteroatoms. The minimum Gasteiger partial charge on any atom is -0.127 e. The van der Waals surface area contributed by atoms with E-state index in [1.54, 1.807) is 11.3 Å². The Morgan fingerprint density at radius 3 is 2.50 bits per heavy atom. The fourth-order valence-corrected chi connectivity index (χ4v) is 3.95. The first-order chi connectivity index (χ1) is 7.59. The Morgan fingerprint density at radius 2 is 1.88 bits per heavy atom. The molecule has 84 valence electrons. The van der Waals surface area contributed by atoms with E-state index in [0.717, 1.165) is 24.3 Å². The zero-order valence-corrected chi connectivity index (χ0v) is 13.4. The molecule has 0 radical (unpaired) electrons. The van der Waals surface area contributed by atoms with Gasteiger partial charge in [-0.3, -0.25) is 0 Å². The van der Waals surface area contributed by atoms with Crippen LogP contribution in [0.3, 0.4) is 0 Å². The number of benzene rings is 1. The summed E-state index contributed by atoms with van der Waals surface area (Å²) >= 11 is 20.8. The number of halogens is 4. The van der Waals surface area contributed by atoms with Gasteiger partial charge in [0.15, 0.2) is 0 Å². The van der Waals surface area contributed by atoms with Crippen LogP contribution in [0.4, 0.5) is 0 Å². The molecule has 2 aromatic rings. The van der Waals surface area contributed by atoms with Gasteiger partial charge < -0.3 is 0 Å². The summed E-state index contributed by atoms with van der Waals surface area (Å²) < 4.78 is 1.68. The summed E-state index contributed by atoms with van der Waals surface area (Å²) in [7, 11) is 0. The van der Waals surface area contributed by atoms with Gasteiger partial charge in [0.2, 0.25) is 0 Å². The van der Waals surface area contributed by atoms with E-state index in [9.17, 15) is 0 Å². The van der Waals surface area contributed by atoms with Crippen LogP contribution in [0.5, 0.6) is 0 Å². The zero-order chi connectivity index (χ0) is 11.7. The van der Waals surface area contributed by atoms with Crippen LogP contribution in [-0.4, -0.2) is 0 Å². The average molecular weight is 401 g/mol. The third-order valence-electron chi connectivity index (χ3n) is 2.10. The second-order valence-corrected chi connectivity index (χ2v) is 7.04. The normalized spacial score (nSPS) is 12.8. The highest BCUT2D eigenvalue weighted by molar-refractivity contribution is 9.10. The molecule has 16 heavy (non-hydrogen) atoms. The summed E-state index contributed by atoms with van der Waals surface area (Å²) in [6.45, 7) is 0. The van der Waals surface area contributed by atoms with Crippen LogP contribution >= 0.6 is 66.4 Å². The summed E-state index contributed by atoms with van der Waals surface area (Å²) in [5.74, 6) is 0. The predicted molar refractivity (Wildman–Crippen MR) is 79.3 cm³/mol. The van der Waals surface area contributed by atoms with Crippen molar-refractivity contribution in [3.8, 4) is 0 Å². The van der Waals surface area contributed by atoms with Crippen LogP contribution in [0.15, 0.2) is 34.8 Å². The van der Waals surface area contributed by atoms with E-state index >= 15 is 0 Å². The molecule has 1 aromatic heterocycles. The van der Waals surface area contributed by atoms with Crippen molar-refractivity contribution in [3.63, 3.8) is 0 Å². The zero-order valence-electron chi connectivity index (χ0n) is 7.88. The van der Waals surface area contributed by atoms with E-state index in [1.807, 2.05) is 30.3 Å². The molecule has 0 saturated carbocycles. The van der Waals surface area contributed by atoms with Crippen molar-refractivity contribution in [2.75, 3.05) is 0 Å². The Kier molecular flexibility index (Phi) is 4.36. The smallest absolute Gasteiger partial charge is 0.0931 e. The Hall–Kier alpha value is 0.460. The predicted octanol–water partition coefficient (Wildman–Crippen LogP) is 6.30. The maximum Gasteiger partial charge on any atom is 0.0931 e. The van der Waals surface area contributed by atoms with Crippen LogP contribution in [0, 0.1) is 0 Å². The van der Waals surface area contributed by atoms with Crippen molar-refractivity contribution in [3.05, 3.63) is 54.6 Å². The van der Waals surface area contributed by atoms with E-state index in [1.165, 1.54) is 0 Å². The van der Waals surface area contributed by atoms with E-state index in [-0.39, 0.29) is 4.83 Å².